The Labute approximate surface area is 158 Å². The molecular weight excluding hydrogens is 367 g/mol. The van der Waals surface area contributed by atoms with Gasteiger partial charge in [0.1, 0.15) is 11.5 Å². The van der Waals surface area contributed by atoms with Crippen molar-refractivity contribution < 1.29 is 13.7 Å². The highest BCUT2D eigenvalue weighted by Crippen LogP contribution is 2.30. The molecule has 3 aromatic rings. The highest BCUT2D eigenvalue weighted by molar-refractivity contribution is 5.76. The molecule has 0 unspecified atom stereocenters. The van der Waals surface area contributed by atoms with Crippen LogP contribution in [0.1, 0.15) is 17.7 Å². The largest absolute Gasteiger partial charge is 0.356 e. The molecule has 2 aromatic heterocycles. The summed E-state index contributed by atoms with van der Waals surface area (Å²) in [5.74, 6) is 0.160. The minimum absolute atomic E-state index is 0.116. The third kappa shape index (κ3) is 3.51. The molecule has 28 heavy (non-hydrogen) atoms. The zero-order chi connectivity index (χ0) is 19.7. The maximum atomic E-state index is 13.1. The van der Waals surface area contributed by atoms with Crippen molar-refractivity contribution in [2.75, 3.05) is 6.54 Å². The zero-order valence-electron chi connectivity index (χ0n) is 14.9. The number of H-pyrrole nitrogens is 1. The number of carbonyl (C=O) groups is 1. The summed E-state index contributed by atoms with van der Waals surface area (Å²) in [6.07, 6.45) is 2.08. The van der Waals surface area contributed by atoms with E-state index in [2.05, 4.69) is 10.1 Å². The van der Waals surface area contributed by atoms with Crippen molar-refractivity contribution in [3.8, 4) is 11.3 Å². The van der Waals surface area contributed by atoms with E-state index in [1.165, 1.54) is 29.0 Å². The third-order valence-corrected chi connectivity index (χ3v) is 4.76. The van der Waals surface area contributed by atoms with Gasteiger partial charge >= 0.3 is 5.69 Å². The van der Waals surface area contributed by atoms with Crippen molar-refractivity contribution in [3.63, 3.8) is 0 Å². The van der Waals surface area contributed by atoms with Gasteiger partial charge in [0.05, 0.1) is 6.54 Å². The second-order valence-corrected chi connectivity index (χ2v) is 6.56. The topological polar surface area (TPSA) is 101 Å². The lowest BCUT2D eigenvalue weighted by Gasteiger charge is -2.26. The Balaban J connectivity index is 1.44. The molecule has 4 rings (SSSR count). The number of aromatic nitrogens is 3. The molecule has 0 atom stereocenters. The van der Waals surface area contributed by atoms with Gasteiger partial charge in [0.25, 0.3) is 5.56 Å². The maximum absolute atomic E-state index is 13.1. The van der Waals surface area contributed by atoms with E-state index in [1.807, 2.05) is 0 Å². The Kier molecular flexibility index (Phi) is 4.64. The van der Waals surface area contributed by atoms with Gasteiger partial charge in [0, 0.05) is 42.9 Å². The Hall–Kier alpha value is -3.49. The van der Waals surface area contributed by atoms with Crippen molar-refractivity contribution in [1.82, 2.24) is 19.6 Å². The molecule has 1 amide bonds. The molecule has 0 saturated carbocycles. The summed E-state index contributed by atoms with van der Waals surface area (Å²) in [6.45, 7) is 0.999. The lowest BCUT2D eigenvalue weighted by Crippen LogP contribution is -2.37. The fourth-order valence-electron chi connectivity index (χ4n) is 3.27. The van der Waals surface area contributed by atoms with E-state index in [4.69, 9.17) is 4.52 Å². The van der Waals surface area contributed by atoms with E-state index < -0.39 is 11.2 Å². The number of carbonyl (C=O) groups excluding carboxylic acids is 1. The van der Waals surface area contributed by atoms with Gasteiger partial charge in [0.15, 0.2) is 5.76 Å². The summed E-state index contributed by atoms with van der Waals surface area (Å²) in [7, 11) is 0. The number of aromatic amines is 1. The second-order valence-electron chi connectivity index (χ2n) is 6.56. The van der Waals surface area contributed by atoms with Gasteiger partial charge in [-0.15, -0.1) is 0 Å². The van der Waals surface area contributed by atoms with Crippen LogP contribution in [-0.4, -0.2) is 32.1 Å². The molecule has 8 nitrogen and oxygen atoms in total. The van der Waals surface area contributed by atoms with Crippen molar-refractivity contribution in [2.24, 2.45) is 0 Å². The summed E-state index contributed by atoms with van der Waals surface area (Å²) >= 11 is 0. The van der Waals surface area contributed by atoms with Gasteiger partial charge in [-0.2, -0.15) is 0 Å². The van der Waals surface area contributed by atoms with Crippen LogP contribution in [0, 0.1) is 5.82 Å². The van der Waals surface area contributed by atoms with Crippen molar-refractivity contribution in [3.05, 3.63) is 74.4 Å². The Bertz CT molecular complexity index is 1130. The number of aryl methyl sites for hydroxylation is 1. The molecular formula is C19H17FN4O4. The van der Waals surface area contributed by atoms with Gasteiger partial charge in [-0.3, -0.25) is 14.6 Å². The standard InChI is InChI=1S/C19H17FN4O4/c20-13-3-1-12(2-4-13)18-14-5-8-24(11-15(14)22-28-18)17(26)7-10-23-9-6-16(25)21-19(23)27/h1-4,6,9H,5,7-8,10-11H2,(H,21,25,27). The molecule has 0 fully saturated rings. The Morgan fingerprint density at radius 1 is 1.21 bits per heavy atom. The molecule has 0 spiro atoms. The van der Waals surface area contributed by atoms with Crippen LogP contribution in [0.4, 0.5) is 4.39 Å². The second kappa shape index (κ2) is 7.26. The first-order valence-corrected chi connectivity index (χ1v) is 8.82. The van der Waals surface area contributed by atoms with Crippen LogP contribution in [0.15, 0.2) is 50.6 Å². The van der Waals surface area contributed by atoms with Gasteiger partial charge in [-0.25, -0.2) is 9.18 Å². The fourth-order valence-corrected chi connectivity index (χ4v) is 3.27. The summed E-state index contributed by atoms with van der Waals surface area (Å²) in [5, 5.41) is 4.07. The molecule has 9 heteroatoms. The number of halogens is 1. The van der Waals surface area contributed by atoms with E-state index in [0.29, 0.717) is 31.0 Å². The first-order chi connectivity index (χ1) is 13.5. The molecule has 144 valence electrons. The van der Waals surface area contributed by atoms with Crippen LogP contribution in [0.2, 0.25) is 0 Å². The third-order valence-electron chi connectivity index (χ3n) is 4.76. The number of benzene rings is 1. The number of nitrogens with zero attached hydrogens (tertiary/aromatic N) is 3. The van der Waals surface area contributed by atoms with Gasteiger partial charge in [-0.05, 0) is 30.7 Å². The van der Waals surface area contributed by atoms with E-state index in [0.717, 1.165) is 11.1 Å². The Morgan fingerprint density at radius 3 is 2.75 bits per heavy atom. The van der Waals surface area contributed by atoms with Crippen LogP contribution in [0.5, 0.6) is 0 Å². The molecule has 1 aromatic carbocycles. The van der Waals surface area contributed by atoms with E-state index >= 15 is 0 Å². The quantitative estimate of drug-likeness (QED) is 0.731. The predicted octanol–water partition coefficient (Wildman–Crippen LogP) is 1.31. The van der Waals surface area contributed by atoms with Crippen LogP contribution in [-0.2, 0) is 24.3 Å². The summed E-state index contributed by atoms with van der Waals surface area (Å²) in [5.41, 5.74) is 1.33. The molecule has 1 aliphatic rings. The maximum Gasteiger partial charge on any atom is 0.328 e. The molecule has 1 N–H and O–H groups in total. The number of hydrogen-bond acceptors (Lipinski definition) is 5. The molecule has 0 bridgehead atoms. The normalized spacial score (nSPS) is 13.4. The molecule has 0 saturated heterocycles. The van der Waals surface area contributed by atoms with Crippen LogP contribution in [0.25, 0.3) is 11.3 Å². The number of fused-ring (bicyclic) bond motifs is 1. The van der Waals surface area contributed by atoms with E-state index in [-0.39, 0.29) is 24.7 Å². The van der Waals surface area contributed by atoms with Crippen molar-refractivity contribution in [1.29, 1.82) is 0 Å². The number of nitrogens with one attached hydrogen (secondary N) is 1. The summed E-state index contributed by atoms with van der Waals surface area (Å²) < 4.78 is 19.8. The highest BCUT2D eigenvalue weighted by atomic mass is 19.1. The van der Waals surface area contributed by atoms with Gasteiger partial charge < -0.3 is 14.0 Å². The zero-order valence-corrected chi connectivity index (χ0v) is 14.9. The number of rotatable bonds is 4. The molecule has 1 aliphatic heterocycles. The first kappa shape index (κ1) is 17.9. The fraction of sp³-hybridized carbons (Fsp3) is 0.263. The van der Waals surface area contributed by atoms with Crippen molar-refractivity contribution >= 4 is 5.91 Å². The summed E-state index contributed by atoms with van der Waals surface area (Å²) in [6, 6.07) is 7.24. The van der Waals surface area contributed by atoms with Crippen LogP contribution < -0.4 is 11.2 Å². The average Bonchev–Trinajstić information content (AvgIpc) is 3.11. The number of hydrogen-bond donors (Lipinski definition) is 1. The molecule has 0 aliphatic carbocycles. The monoisotopic (exact) mass is 384 g/mol. The predicted molar refractivity (Wildman–Crippen MR) is 97.0 cm³/mol. The van der Waals surface area contributed by atoms with E-state index in [9.17, 15) is 18.8 Å². The SMILES string of the molecule is O=C(CCn1ccc(=O)[nH]c1=O)N1CCc2c(noc2-c2ccc(F)cc2)C1. The lowest BCUT2D eigenvalue weighted by molar-refractivity contribution is -0.132. The van der Waals surface area contributed by atoms with Crippen molar-refractivity contribution in [2.45, 2.75) is 25.9 Å². The minimum atomic E-state index is -0.540. The van der Waals surface area contributed by atoms with Crippen LogP contribution in [0.3, 0.4) is 0 Å². The minimum Gasteiger partial charge on any atom is -0.356 e. The Morgan fingerprint density at radius 2 is 2.00 bits per heavy atom. The molecule has 3 heterocycles. The smallest absolute Gasteiger partial charge is 0.328 e. The highest BCUT2D eigenvalue weighted by Gasteiger charge is 2.27. The lowest BCUT2D eigenvalue weighted by atomic mass is 10.0. The molecule has 0 radical (unpaired) electrons. The number of amides is 1. The first-order valence-electron chi connectivity index (χ1n) is 8.82. The van der Waals surface area contributed by atoms with Crippen LogP contribution >= 0.6 is 0 Å². The van der Waals surface area contributed by atoms with E-state index in [1.54, 1.807) is 17.0 Å². The van der Waals surface area contributed by atoms with Gasteiger partial charge in [-0.1, -0.05) is 5.16 Å². The van der Waals surface area contributed by atoms with Gasteiger partial charge in [0.2, 0.25) is 5.91 Å². The average molecular weight is 384 g/mol. The summed E-state index contributed by atoms with van der Waals surface area (Å²) in [4.78, 5) is 39.1.